The van der Waals surface area contributed by atoms with Gasteiger partial charge in [0, 0.05) is 11.6 Å². The second-order valence-corrected chi connectivity index (χ2v) is 5.79. The first-order valence-electron chi connectivity index (χ1n) is 6.29. The third kappa shape index (κ3) is 1.63. The van der Waals surface area contributed by atoms with Gasteiger partial charge < -0.3 is 5.73 Å². The number of fused-ring (bicyclic) bond motifs is 1. The van der Waals surface area contributed by atoms with E-state index in [9.17, 15) is 0 Å². The van der Waals surface area contributed by atoms with Crippen molar-refractivity contribution < 1.29 is 0 Å². The van der Waals surface area contributed by atoms with E-state index in [-0.39, 0.29) is 5.41 Å². The maximum Gasteiger partial charge on any atom is 0.0314 e. The molecule has 0 amide bonds. The third-order valence-corrected chi connectivity index (χ3v) is 4.62. The van der Waals surface area contributed by atoms with Crippen molar-refractivity contribution in [3.63, 3.8) is 0 Å². The van der Waals surface area contributed by atoms with Crippen LogP contribution in [-0.4, -0.2) is 0 Å². The van der Waals surface area contributed by atoms with E-state index in [0.717, 1.165) is 11.6 Å². The Kier molecular flexibility index (Phi) is 2.73. The van der Waals surface area contributed by atoms with Gasteiger partial charge in [0.05, 0.1) is 0 Å². The Morgan fingerprint density at radius 2 is 2.25 bits per heavy atom. The Morgan fingerprint density at radius 1 is 1.56 bits per heavy atom. The molecule has 0 aromatic carbocycles. The highest BCUT2D eigenvalue weighted by Gasteiger charge is 2.42. The maximum atomic E-state index is 6.22. The SMILES string of the molecule is C=C(C)C1C=C(N)C2=CCCC(C)C2(C)C1. The van der Waals surface area contributed by atoms with Crippen molar-refractivity contribution in [2.24, 2.45) is 23.0 Å². The average Bonchev–Trinajstić information content (AvgIpc) is 2.20. The molecule has 2 aliphatic rings. The first-order valence-corrected chi connectivity index (χ1v) is 6.29. The molecule has 0 heterocycles. The van der Waals surface area contributed by atoms with Gasteiger partial charge in [-0.3, -0.25) is 0 Å². The molecule has 0 fully saturated rings. The van der Waals surface area contributed by atoms with Crippen LogP contribution in [0.15, 0.2) is 35.6 Å². The summed E-state index contributed by atoms with van der Waals surface area (Å²) in [6.45, 7) is 10.9. The molecular weight excluding hydrogens is 194 g/mol. The van der Waals surface area contributed by atoms with Gasteiger partial charge >= 0.3 is 0 Å². The highest BCUT2D eigenvalue weighted by Crippen LogP contribution is 2.51. The predicted octanol–water partition coefficient (Wildman–Crippen LogP) is 3.79. The van der Waals surface area contributed by atoms with Crippen molar-refractivity contribution in [3.05, 3.63) is 35.6 Å². The molecule has 88 valence electrons. The van der Waals surface area contributed by atoms with E-state index in [1.54, 1.807) is 0 Å². The van der Waals surface area contributed by atoms with Gasteiger partial charge in [-0.25, -0.2) is 0 Å². The van der Waals surface area contributed by atoms with Gasteiger partial charge in [0.15, 0.2) is 0 Å². The fraction of sp³-hybridized carbons (Fsp3) is 0.600. The number of allylic oxidation sites excluding steroid dienone is 4. The molecule has 0 aromatic heterocycles. The first-order chi connectivity index (χ1) is 7.45. The Hall–Kier alpha value is -0.980. The van der Waals surface area contributed by atoms with E-state index in [1.807, 2.05) is 0 Å². The molecule has 16 heavy (non-hydrogen) atoms. The lowest BCUT2D eigenvalue weighted by Crippen LogP contribution is -2.37. The molecule has 3 unspecified atom stereocenters. The van der Waals surface area contributed by atoms with E-state index in [4.69, 9.17) is 5.73 Å². The lowest BCUT2D eigenvalue weighted by atomic mass is 9.59. The van der Waals surface area contributed by atoms with Crippen LogP contribution in [0.1, 0.15) is 40.0 Å². The number of hydrogen-bond acceptors (Lipinski definition) is 1. The van der Waals surface area contributed by atoms with Gasteiger partial charge in [-0.2, -0.15) is 0 Å². The summed E-state index contributed by atoms with van der Waals surface area (Å²) < 4.78 is 0. The first kappa shape index (κ1) is 11.5. The molecule has 1 heteroatoms. The normalized spacial score (nSPS) is 38.4. The standard InChI is InChI=1S/C15H23N/c1-10(2)12-8-14(16)13-7-5-6-11(3)15(13,4)9-12/h7-8,11-12H,1,5-6,9,16H2,2-4H3. The zero-order valence-corrected chi connectivity index (χ0v) is 10.7. The predicted molar refractivity (Wildman–Crippen MR) is 69.8 cm³/mol. The lowest BCUT2D eigenvalue weighted by molar-refractivity contribution is 0.191. The molecule has 2 aliphatic carbocycles. The molecule has 0 saturated carbocycles. The van der Waals surface area contributed by atoms with Crippen molar-refractivity contribution in [3.8, 4) is 0 Å². The van der Waals surface area contributed by atoms with Crippen LogP contribution in [0.4, 0.5) is 0 Å². The molecule has 0 aliphatic heterocycles. The fourth-order valence-electron chi connectivity index (χ4n) is 3.19. The van der Waals surface area contributed by atoms with Crippen LogP contribution < -0.4 is 5.73 Å². The zero-order chi connectivity index (χ0) is 11.9. The quantitative estimate of drug-likeness (QED) is 0.664. The molecule has 0 aromatic rings. The molecule has 1 nitrogen and oxygen atoms in total. The largest absolute Gasteiger partial charge is 0.399 e. The van der Waals surface area contributed by atoms with Gasteiger partial charge in [0.2, 0.25) is 0 Å². The number of nitrogens with two attached hydrogens (primary N) is 1. The monoisotopic (exact) mass is 217 g/mol. The maximum absolute atomic E-state index is 6.22. The molecule has 0 spiro atoms. The second kappa shape index (κ2) is 3.80. The Labute approximate surface area is 99.1 Å². The summed E-state index contributed by atoms with van der Waals surface area (Å²) in [7, 11) is 0. The van der Waals surface area contributed by atoms with Crippen molar-refractivity contribution >= 4 is 0 Å². The van der Waals surface area contributed by atoms with Crippen LogP contribution in [0.25, 0.3) is 0 Å². The summed E-state index contributed by atoms with van der Waals surface area (Å²) >= 11 is 0. The van der Waals surface area contributed by atoms with E-state index in [2.05, 4.69) is 39.5 Å². The van der Waals surface area contributed by atoms with Gasteiger partial charge in [-0.1, -0.05) is 38.2 Å². The second-order valence-electron chi connectivity index (χ2n) is 5.79. The average molecular weight is 217 g/mol. The van der Waals surface area contributed by atoms with E-state index in [1.165, 1.54) is 30.4 Å². The topological polar surface area (TPSA) is 26.0 Å². The van der Waals surface area contributed by atoms with Crippen molar-refractivity contribution in [1.82, 2.24) is 0 Å². The third-order valence-electron chi connectivity index (χ3n) is 4.62. The Balaban J connectivity index is 2.44. The van der Waals surface area contributed by atoms with Crippen LogP contribution >= 0.6 is 0 Å². The summed E-state index contributed by atoms with van der Waals surface area (Å²) in [6.07, 6.45) is 8.19. The Bertz CT molecular complexity index is 375. The molecule has 0 saturated heterocycles. The van der Waals surface area contributed by atoms with E-state index < -0.39 is 0 Å². The van der Waals surface area contributed by atoms with E-state index in [0.29, 0.717) is 5.92 Å². The highest BCUT2D eigenvalue weighted by atomic mass is 14.6. The Morgan fingerprint density at radius 3 is 2.88 bits per heavy atom. The minimum Gasteiger partial charge on any atom is -0.399 e. The zero-order valence-electron chi connectivity index (χ0n) is 10.7. The van der Waals surface area contributed by atoms with Crippen LogP contribution in [-0.2, 0) is 0 Å². The summed E-state index contributed by atoms with van der Waals surface area (Å²) in [5.41, 5.74) is 10.1. The molecule has 0 radical (unpaired) electrons. The minimum absolute atomic E-state index is 0.265. The van der Waals surface area contributed by atoms with E-state index >= 15 is 0 Å². The molecule has 3 atom stereocenters. The molecule has 2 rings (SSSR count). The van der Waals surface area contributed by atoms with Crippen molar-refractivity contribution in [2.75, 3.05) is 0 Å². The molecular formula is C15H23N. The lowest BCUT2D eigenvalue weighted by Gasteiger charge is -2.46. The minimum atomic E-state index is 0.265. The van der Waals surface area contributed by atoms with Gasteiger partial charge in [0.25, 0.3) is 0 Å². The highest BCUT2D eigenvalue weighted by molar-refractivity contribution is 5.41. The van der Waals surface area contributed by atoms with Crippen molar-refractivity contribution in [2.45, 2.75) is 40.0 Å². The fourth-order valence-corrected chi connectivity index (χ4v) is 3.19. The smallest absolute Gasteiger partial charge is 0.0314 e. The summed E-state index contributed by atoms with van der Waals surface area (Å²) in [6, 6.07) is 0. The van der Waals surface area contributed by atoms with Crippen LogP contribution in [0.5, 0.6) is 0 Å². The van der Waals surface area contributed by atoms with Crippen LogP contribution in [0, 0.1) is 17.3 Å². The number of rotatable bonds is 1. The van der Waals surface area contributed by atoms with Gasteiger partial charge in [-0.15, -0.1) is 0 Å². The van der Waals surface area contributed by atoms with Crippen molar-refractivity contribution in [1.29, 1.82) is 0 Å². The van der Waals surface area contributed by atoms with Crippen LogP contribution in [0.3, 0.4) is 0 Å². The summed E-state index contributed by atoms with van der Waals surface area (Å²) in [5, 5.41) is 0. The van der Waals surface area contributed by atoms with Gasteiger partial charge in [0.1, 0.15) is 0 Å². The van der Waals surface area contributed by atoms with Crippen LogP contribution in [0.2, 0.25) is 0 Å². The summed E-state index contributed by atoms with van der Waals surface area (Å²) in [5.74, 6) is 1.18. The summed E-state index contributed by atoms with van der Waals surface area (Å²) in [4.78, 5) is 0. The molecule has 0 bridgehead atoms. The van der Waals surface area contributed by atoms with Gasteiger partial charge in [-0.05, 0) is 43.1 Å². The number of hydrogen-bond donors (Lipinski definition) is 1. The molecule has 2 N–H and O–H groups in total.